The Morgan fingerprint density at radius 2 is 2.10 bits per heavy atom. The van der Waals surface area contributed by atoms with E-state index >= 15 is 0 Å². The van der Waals surface area contributed by atoms with E-state index in [1.165, 1.54) is 19.2 Å². The molecule has 0 heterocycles. The average molecular weight is 321 g/mol. The molecule has 0 saturated carbocycles. The Kier molecular flexibility index (Phi) is 5.64. The smallest absolute Gasteiger partial charge is 0.306 e. The van der Waals surface area contributed by atoms with Gasteiger partial charge in [-0.05, 0) is 25.1 Å². The summed E-state index contributed by atoms with van der Waals surface area (Å²) >= 11 is 5.83. The predicted octanol–water partition coefficient (Wildman–Crippen LogP) is 1.64. The Morgan fingerprint density at radius 3 is 2.70 bits per heavy atom. The number of carbonyl (C=O) groups excluding carboxylic acids is 1. The maximum atomic E-state index is 12.1. The molecular weight excluding hydrogens is 304 g/mol. The van der Waals surface area contributed by atoms with Crippen LogP contribution in [0.5, 0.6) is 0 Å². The lowest BCUT2D eigenvalue weighted by atomic mass is 10.3. The number of nitrogen functional groups attached to an aromatic ring is 1. The molecule has 0 bridgehead atoms. The molecule has 0 aliphatic carbocycles. The van der Waals surface area contributed by atoms with Crippen LogP contribution in [0.15, 0.2) is 18.2 Å². The van der Waals surface area contributed by atoms with Crippen molar-refractivity contribution in [2.24, 2.45) is 0 Å². The molecule has 1 aromatic rings. The Bertz CT molecular complexity index is 589. The quantitative estimate of drug-likeness (QED) is 0.635. The van der Waals surface area contributed by atoms with Crippen molar-refractivity contribution in [3.8, 4) is 0 Å². The highest BCUT2D eigenvalue weighted by Crippen LogP contribution is 2.28. The van der Waals surface area contributed by atoms with E-state index in [4.69, 9.17) is 22.1 Å². The average Bonchev–Trinajstić information content (AvgIpc) is 2.39. The SMILES string of the molecule is CCOC(=O)CCS(=O)(=O)N(C)c1cc(Cl)ccc1N. The normalized spacial score (nSPS) is 11.2. The third kappa shape index (κ3) is 4.28. The standard InChI is InChI=1S/C12H17ClN2O4S/c1-3-19-12(16)6-7-20(17,18)15(2)11-8-9(13)4-5-10(11)14/h4-5,8H,3,6-7,14H2,1-2H3. The molecule has 2 N–H and O–H groups in total. The van der Waals surface area contributed by atoms with Gasteiger partial charge in [0, 0.05) is 12.1 Å². The molecule has 0 saturated heterocycles. The Morgan fingerprint density at radius 1 is 1.45 bits per heavy atom. The van der Waals surface area contributed by atoms with Gasteiger partial charge in [0.25, 0.3) is 0 Å². The Hall–Kier alpha value is -1.47. The number of esters is 1. The summed E-state index contributed by atoms with van der Waals surface area (Å²) < 4.78 is 30.0. The minimum atomic E-state index is -3.67. The number of hydrogen-bond acceptors (Lipinski definition) is 5. The van der Waals surface area contributed by atoms with Crippen LogP contribution in [0.2, 0.25) is 5.02 Å². The van der Waals surface area contributed by atoms with E-state index in [1.54, 1.807) is 13.0 Å². The van der Waals surface area contributed by atoms with Crippen molar-refractivity contribution in [3.63, 3.8) is 0 Å². The van der Waals surface area contributed by atoms with Crippen LogP contribution in [-0.2, 0) is 19.6 Å². The van der Waals surface area contributed by atoms with Crippen LogP contribution in [0.1, 0.15) is 13.3 Å². The summed E-state index contributed by atoms with van der Waals surface area (Å²) in [6, 6.07) is 4.55. The lowest BCUT2D eigenvalue weighted by molar-refractivity contribution is -0.142. The fraction of sp³-hybridized carbons (Fsp3) is 0.417. The first-order valence-corrected chi connectivity index (χ1v) is 7.94. The highest BCUT2D eigenvalue weighted by atomic mass is 35.5. The van der Waals surface area contributed by atoms with Gasteiger partial charge < -0.3 is 10.5 Å². The van der Waals surface area contributed by atoms with Gasteiger partial charge in [0.15, 0.2) is 0 Å². The van der Waals surface area contributed by atoms with E-state index in [-0.39, 0.29) is 30.2 Å². The van der Waals surface area contributed by atoms with Crippen molar-refractivity contribution in [2.75, 3.05) is 29.4 Å². The van der Waals surface area contributed by atoms with Crippen molar-refractivity contribution in [1.29, 1.82) is 0 Å². The summed E-state index contributed by atoms with van der Waals surface area (Å²) in [6.45, 7) is 1.88. The monoisotopic (exact) mass is 320 g/mol. The number of sulfonamides is 1. The molecule has 0 spiro atoms. The highest BCUT2D eigenvalue weighted by Gasteiger charge is 2.22. The number of hydrogen-bond donors (Lipinski definition) is 1. The summed E-state index contributed by atoms with van der Waals surface area (Å²) in [5.41, 5.74) is 6.30. The number of benzene rings is 1. The van der Waals surface area contributed by atoms with Crippen LogP contribution in [0.3, 0.4) is 0 Å². The van der Waals surface area contributed by atoms with Crippen LogP contribution in [0.4, 0.5) is 11.4 Å². The minimum Gasteiger partial charge on any atom is -0.466 e. The topological polar surface area (TPSA) is 89.7 Å². The number of nitrogens with two attached hydrogens (primary N) is 1. The number of halogens is 1. The highest BCUT2D eigenvalue weighted by molar-refractivity contribution is 7.92. The van der Waals surface area contributed by atoms with Crippen molar-refractivity contribution in [3.05, 3.63) is 23.2 Å². The third-order valence-electron chi connectivity index (χ3n) is 2.62. The molecule has 0 aromatic heterocycles. The largest absolute Gasteiger partial charge is 0.466 e. The van der Waals surface area contributed by atoms with Crippen molar-refractivity contribution in [2.45, 2.75) is 13.3 Å². The Labute approximate surface area is 123 Å². The first-order chi connectivity index (χ1) is 9.27. The van der Waals surface area contributed by atoms with Crippen LogP contribution in [0, 0.1) is 0 Å². The molecule has 0 fully saturated rings. The zero-order valence-corrected chi connectivity index (χ0v) is 12.9. The molecule has 0 unspecified atom stereocenters. The number of anilines is 2. The summed E-state index contributed by atoms with van der Waals surface area (Å²) in [4.78, 5) is 11.2. The summed E-state index contributed by atoms with van der Waals surface area (Å²) in [5.74, 6) is -0.905. The van der Waals surface area contributed by atoms with E-state index in [9.17, 15) is 13.2 Å². The molecule has 112 valence electrons. The van der Waals surface area contributed by atoms with E-state index < -0.39 is 16.0 Å². The molecule has 0 aliphatic rings. The molecule has 20 heavy (non-hydrogen) atoms. The maximum Gasteiger partial charge on any atom is 0.306 e. The molecule has 6 nitrogen and oxygen atoms in total. The van der Waals surface area contributed by atoms with Gasteiger partial charge >= 0.3 is 5.97 Å². The lowest BCUT2D eigenvalue weighted by Crippen LogP contribution is -2.30. The van der Waals surface area contributed by atoms with E-state index in [0.717, 1.165) is 4.31 Å². The van der Waals surface area contributed by atoms with Crippen LogP contribution in [0.25, 0.3) is 0 Å². The van der Waals surface area contributed by atoms with Gasteiger partial charge in [-0.1, -0.05) is 11.6 Å². The molecule has 0 aliphatic heterocycles. The van der Waals surface area contributed by atoms with Crippen molar-refractivity contribution < 1.29 is 17.9 Å². The van der Waals surface area contributed by atoms with Gasteiger partial charge in [0.2, 0.25) is 10.0 Å². The number of nitrogens with zero attached hydrogens (tertiary/aromatic N) is 1. The van der Waals surface area contributed by atoms with Crippen LogP contribution < -0.4 is 10.0 Å². The summed E-state index contributed by atoms with van der Waals surface area (Å²) in [5, 5.41) is 0.377. The maximum absolute atomic E-state index is 12.1. The van der Waals surface area contributed by atoms with Crippen molar-refractivity contribution >= 4 is 39.0 Å². The van der Waals surface area contributed by atoms with Gasteiger partial charge in [-0.3, -0.25) is 9.10 Å². The van der Waals surface area contributed by atoms with E-state index in [2.05, 4.69) is 0 Å². The third-order valence-corrected chi connectivity index (χ3v) is 4.60. The van der Waals surface area contributed by atoms with Gasteiger partial charge in [-0.25, -0.2) is 8.42 Å². The molecule has 0 radical (unpaired) electrons. The molecule has 8 heteroatoms. The van der Waals surface area contributed by atoms with Gasteiger partial charge in [0.05, 0.1) is 30.2 Å². The lowest BCUT2D eigenvalue weighted by Gasteiger charge is -2.21. The summed E-state index contributed by atoms with van der Waals surface area (Å²) in [7, 11) is -2.31. The van der Waals surface area contributed by atoms with Crippen LogP contribution >= 0.6 is 11.6 Å². The first kappa shape index (κ1) is 16.6. The van der Waals surface area contributed by atoms with Gasteiger partial charge in [-0.15, -0.1) is 0 Å². The van der Waals surface area contributed by atoms with E-state index in [1.807, 2.05) is 0 Å². The van der Waals surface area contributed by atoms with Crippen LogP contribution in [-0.4, -0.2) is 33.8 Å². The molecule has 0 atom stereocenters. The number of ether oxygens (including phenoxy) is 1. The first-order valence-electron chi connectivity index (χ1n) is 5.95. The predicted molar refractivity (Wildman–Crippen MR) is 79.3 cm³/mol. The fourth-order valence-corrected chi connectivity index (χ4v) is 2.84. The van der Waals surface area contributed by atoms with E-state index in [0.29, 0.717) is 5.02 Å². The van der Waals surface area contributed by atoms with Gasteiger partial charge in [-0.2, -0.15) is 0 Å². The molecule has 0 amide bonds. The zero-order chi connectivity index (χ0) is 15.3. The Balaban J connectivity index is 2.86. The zero-order valence-electron chi connectivity index (χ0n) is 11.3. The van der Waals surface area contributed by atoms with Gasteiger partial charge in [0.1, 0.15) is 0 Å². The number of carbonyl (C=O) groups is 1. The number of rotatable bonds is 6. The molecular formula is C12H17ClN2O4S. The minimum absolute atomic E-state index is 0.207. The van der Waals surface area contributed by atoms with Crippen molar-refractivity contribution in [1.82, 2.24) is 0 Å². The molecule has 1 rings (SSSR count). The summed E-state index contributed by atoms with van der Waals surface area (Å²) in [6.07, 6.45) is -0.207. The molecule has 1 aromatic carbocycles. The fourth-order valence-electron chi connectivity index (χ4n) is 1.52. The second-order valence-corrected chi connectivity index (χ2v) is 6.60. The second-order valence-electron chi connectivity index (χ2n) is 4.04. The second kappa shape index (κ2) is 6.81.